The van der Waals surface area contributed by atoms with Crippen LogP contribution in [0, 0.1) is 6.92 Å². The summed E-state index contributed by atoms with van der Waals surface area (Å²) in [6.07, 6.45) is 2.61. The lowest BCUT2D eigenvalue weighted by Crippen LogP contribution is -2.29. The van der Waals surface area contributed by atoms with E-state index < -0.39 is 0 Å². The number of fused-ring (bicyclic) bond motifs is 1. The molecule has 3 heterocycles. The minimum absolute atomic E-state index is 0.0969. The van der Waals surface area contributed by atoms with Gasteiger partial charge in [0.05, 0.1) is 7.11 Å². The number of hydrogen-bond acceptors (Lipinski definition) is 6. The average molecular weight is 452 g/mol. The van der Waals surface area contributed by atoms with Crippen molar-refractivity contribution in [3.05, 3.63) is 65.1 Å². The molecule has 0 aliphatic carbocycles. The zero-order valence-corrected chi connectivity index (χ0v) is 19.7. The van der Waals surface area contributed by atoms with Crippen LogP contribution in [-0.2, 0) is 19.4 Å². The molecule has 0 saturated carbocycles. The second kappa shape index (κ2) is 10.7. The Bertz CT molecular complexity index is 1060. The first-order chi connectivity index (χ1) is 16.0. The number of carbonyl (C=O) groups excluding carboxylic acids is 1. The minimum atomic E-state index is -0.0969. The van der Waals surface area contributed by atoms with E-state index in [2.05, 4.69) is 38.0 Å². The highest BCUT2D eigenvalue weighted by atomic mass is 16.5. The maximum Gasteiger partial charge on any atom is 0.251 e. The third-order valence-electron chi connectivity index (χ3n) is 6.31. The molecule has 1 aromatic carbocycles. The molecular formula is C25H33N5O3. The molecule has 0 unspecified atom stereocenters. The zero-order chi connectivity index (χ0) is 23.2. The van der Waals surface area contributed by atoms with Gasteiger partial charge in [0.2, 0.25) is 0 Å². The molecule has 0 saturated heterocycles. The summed E-state index contributed by atoms with van der Waals surface area (Å²) in [5.41, 5.74) is 0.616. The zero-order valence-electron chi connectivity index (χ0n) is 19.7. The lowest BCUT2D eigenvalue weighted by atomic mass is 10.0. The molecular weight excluding hydrogens is 418 g/mol. The summed E-state index contributed by atoms with van der Waals surface area (Å²) in [5.74, 6) is 5.05. The summed E-state index contributed by atoms with van der Waals surface area (Å²) in [4.78, 5) is 14.9. The minimum Gasteiger partial charge on any atom is -0.497 e. The monoisotopic (exact) mass is 451 g/mol. The number of furan rings is 1. The molecule has 1 N–H and O–H groups in total. The van der Waals surface area contributed by atoms with E-state index in [4.69, 9.17) is 9.15 Å². The van der Waals surface area contributed by atoms with Crippen molar-refractivity contribution in [2.75, 3.05) is 33.3 Å². The number of hydrogen-bond donors (Lipinski definition) is 1. The molecule has 3 aromatic rings. The predicted octanol–water partition coefficient (Wildman–Crippen LogP) is 3.21. The number of methoxy groups -OCH3 is 1. The smallest absolute Gasteiger partial charge is 0.251 e. The largest absolute Gasteiger partial charge is 0.497 e. The van der Waals surface area contributed by atoms with Crippen LogP contribution in [0.4, 0.5) is 0 Å². The van der Waals surface area contributed by atoms with Crippen molar-refractivity contribution < 1.29 is 13.9 Å². The van der Waals surface area contributed by atoms with E-state index in [9.17, 15) is 4.79 Å². The van der Waals surface area contributed by atoms with Crippen LogP contribution in [0.2, 0.25) is 0 Å². The van der Waals surface area contributed by atoms with Gasteiger partial charge >= 0.3 is 0 Å². The van der Waals surface area contributed by atoms with E-state index in [0.717, 1.165) is 67.9 Å². The normalized spacial score (nSPS) is 15.0. The summed E-state index contributed by atoms with van der Waals surface area (Å²) in [5, 5.41) is 11.8. The molecule has 176 valence electrons. The number of nitrogens with zero attached hydrogens (tertiary/aromatic N) is 4. The predicted molar refractivity (Wildman–Crippen MR) is 126 cm³/mol. The lowest BCUT2D eigenvalue weighted by Gasteiger charge is -2.21. The Morgan fingerprint density at radius 2 is 1.97 bits per heavy atom. The van der Waals surface area contributed by atoms with Gasteiger partial charge in [-0.25, -0.2) is 0 Å². The topological polar surface area (TPSA) is 85.4 Å². The first-order valence-corrected chi connectivity index (χ1v) is 11.7. The van der Waals surface area contributed by atoms with E-state index in [1.807, 2.05) is 13.0 Å². The second-order valence-corrected chi connectivity index (χ2v) is 8.65. The Hall–Kier alpha value is -3.13. The van der Waals surface area contributed by atoms with Gasteiger partial charge in [-0.1, -0.05) is 6.92 Å². The molecule has 1 aliphatic heterocycles. The number of benzene rings is 1. The van der Waals surface area contributed by atoms with Gasteiger partial charge < -0.3 is 23.9 Å². The van der Waals surface area contributed by atoms with Crippen LogP contribution in [-0.4, -0.2) is 58.9 Å². The highest BCUT2D eigenvalue weighted by Crippen LogP contribution is 2.22. The molecule has 0 spiro atoms. The molecule has 0 radical (unpaired) electrons. The van der Waals surface area contributed by atoms with Gasteiger partial charge in [-0.05, 0) is 56.3 Å². The number of amides is 1. The molecule has 8 heteroatoms. The van der Waals surface area contributed by atoms with Crippen LogP contribution in [0.5, 0.6) is 5.75 Å². The SMILES string of the molecule is COc1ccc(C(=O)NCCc2nnc3n2CCN(CC[C@H](C)c2ccc(C)o2)CC3)cc1. The Labute approximate surface area is 194 Å². The van der Waals surface area contributed by atoms with Gasteiger partial charge in [-0.3, -0.25) is 4.79 Å². The highest BCUT2D eigenvalue weighted by Gasteiger charge is 2.20. The lowest BCUT2D eigenvalue weighted by molar-refractivity contribution is 0.0954. The summed E-state index contributed by atoms with van der Waals surface area (Å²) in [6, 6.07) is 11.2. The number of ether oxygens (including phenoxy) is 1. The quantitative estimate of drug-likeness (QED) is 0.538. The first kappa shape index (κ1) is 23.0. The maximum atomic E-state index is 12.4. The van der Waals surface area contributed by atoms with Gasteiger partial charge in [-0.15, -0.1) is 10.2 Å². The molecule has 0 bridgehead atoms. The summed E-state index contributed by atoms with van der Waals surface area (Å²) in [7, 11) is 1.61. The van der Waals surface area contributed by atoms with Crippen molar-refractivity contribution in [2.24, 2.45) is 0 Å². The highest BCUT2D eigenvalue weighted by molar-refractivity contribution is 5.94. The van der Waals surface area contributed by atoms with Gasteiger partial charge in [0, 0.05) is 50.5 Å². The van der Waals surface area contributed by atoms with E-state index in [0.29, 0.717) is 24.4 Å². The third-order valence-corrected chi connectivity index (χ3v) is 6.31. The fourth-order valence-corrected chi connectivity index (χ4v) is 4.20. The van der Waals surface area contributed by atoms with Gasteiger partial charge in [0.15, 0.2) is 0 Å². The van der Waals surface area contributed by atoms with Crippen molar-refractivity contribution >= 4 is 5.91 Å². The Kier molecular flexibility index (Phi) is 7.44. The van der Waals surface area contributed by atoms with Crippen LogP contribution >= 0.6 is 0 Å². The number of aromatic nitrogens is 3. The van der Waals surface area contributed by atoms with E-state index in [-0.39, 0.29) is 5.91 Å². The second-order valence-electron chi connectivity index (χ2n) is 8.65. The Morgan fingerprint density at radius 3 is 2.70 bits per heavy atom. The van der Waals surface area contributed by atoms with Crippen molar-refractivity contribution in [2.45, 2.75) is 45.6 Å². The summed E-state index contributed by atoms with van der Waals surface area (Å²) in [6.45, 7) is 8.60. The standard InChI is InChI=1S/C25H33N5O3/c1-18(22-9-4-19(2)33-22)11-14-29-15-12-24-28-27-23(30(24)17-16-29)10-13-26-25(31)20-5-7-21(32-3)8-6-20/h4-9,18H,10-17H2,1-3H3,(H,26,31)/t18-/m0/s1. The third kappa shape index (κ3) is 5.82. The summed E-state index contributed by atoms with van der Waals surface area (Å²) >= 11 is 0. The Balaban J connectivity index is 1.25. The molecule has 1 amide bonds. The van der Waals surface area contributed by atoms with Gasteiger partial charge in [0.25, 0.3) is 5.91 Å². The van der Waals surface area contributed by atoms with E-state index >= 15 is 0 Å². The molecule has 2 aromatic heterocycles. The molecule has 1 atom stereocenters. The first-order valence-electron chi connectivity index (χ1n) is 11.7. The number of rotatable bonds is 9. The molecule has 33 heavy (non-hydrogen) atoms. The number of aryl methyl sites for hydroxylation is 1. The number of carbonyl (C=O) groups is 1. The fourth-order valence-electron chi connectivity index (χ4n) is 4.20. The van der Waals surface area contributed by atoms with E-state index in [1.54, 1.807) is 31.4 Å². The Morgan fingerprint density at radius 1 is 1.15 bits per heavy atom. The average Bonchev–Trinajstić information content (AvgIpc) is 3.38. The van der Waals surface area contributed by atoms with Crippen LogP contribution in [0.3, 0.4) is 0 Å². The van der Waals surface area contributed by atoms with Crippen LogP contribution in [0.15, 0.2) is 40.8 Å². The van der Waals surface area contributed by atoms with E-state index in [1.165, 1.54) is 0 Å². The molecule has 1 aliphatic rings. The van der Waals surface area contributed by atoms with Crippen molar-refractivity contribution in [3.8, 4) is 5.75 Å². The van der Waals surface area contributed by atoms with Crippen molar-refractivity contribution in [1.82, 2.24) is 25.0 Å². The molecule has 4 rings (SSSR count). The van der Waals surface area contributed by atoms with Crippen molar-refractivity contribution in [3.63, 3.8) is 0 Å². The fraction of sp³-hybridized carbons (Fsp3) is 0.480. The van der Waals surface area contributed by atoms with Crippen LogP contribution in [0.25, 0.3) is 0 Å². The van der Waals surface area contributed by atoms with Gasteiger partial charge in [-0.2, -0.15) is 0 Å². The molecule has 0 fully saturated rings. The van der Waals surface area contributed by atoms with Crippen LogP contribution in [0.1, 0.15) is 52.8 Å². The van der Waals surface area contributed by atoms with Gasteiger partial charge in [0.1, 0.15) is 28.9 Å². The summed E-state index contributed by atoms with van der Waals surface area (Å²) < 4.78 is 13.1. The van der Waals surface area contributed by atoms with Crippen molar-refractivity contribution in [1.29, 1.82) is 0 Å². The number of nitrogens with one attached hydrogen (secondary N) is 1. The molecule has 8 nitrogen and oxygen atoms in total. The van der Waals surface area contributed by atoms with Crippen LogP contribution < -0.4 is 10.1 Å². The maximum absolute atomic E-state index is 12.4.